The highest BCUT2D eigenvalue weighted by atomic mass is 35.5. The summed E-state index contributed by atoms with van der Waals surface area (Å²) >= 11 is 5.91. The first-order valence-corrected chi connectivity index (χ1v) is 6.88. The van der Waals surface area contributed by atoms with E-state index in [9.17, 15) is 4.79 Å². The number of aryl methyl sites for hydroxylation is 1. The Morgan fingerprint density at radius 2 is 2.37 bits per heavy atom. The summed E-state index contributed by atoms with van der Waals surface area (Å²) in [5.74, 6) is 0.952. The highest BCUT2D eigenvalue weighted by Crippen LogP contribution is 2.20. The minimum absolute atomic E-state index is 0.00327. The number of hydrogen-bond donors (Lipinski definition) is 1. The van der Waals surface area contributed by atoms with Crippen molar-refractivity contribution in [1.82, 2.24) is 19.9 Å². The molecule has 100 valence electrons. The van der Waals surface area contributed by atoms with E-state index in [1.54, 1.807) is 10.8 Å². The molecule has 6 heteroatoms. The predicted molar refractivity (Wildman–Crippen MR) is 73.0 cm³/mol. The van der Waals surface area contributed by atoms with Crippen LogP contribution in [0.4, 0.5) is 0 Å². The number of carbonyl (C=O) groups is 1. The molecule has 1 saturated carbocycles. The van der Waals surface area contributed by atoms with Crippen LogP contribution < -0.4 is 5.32 Å². The lowest BCUT2D eigenvalue weighted by Gasteiger charge is -2.07. The molecule has 0 saturated heterocycles. The first-order valence-electron chi connectivity index (χ1n) is 6.35. The molecule has 1 aliphatic rings. The van der Waals surface area contributed by atoms with Gasteiger partial charge in [0.25, 0.3) is 0 Å². The standard InChI is InChI=1S/C13H15ClN4O/c1-8-4-5-15-13-12(8)17-10(6-14)18(13)7-11(19)16-9-2-3-9/h4-5,9H,2-3,6-7H2,1H3,(H,16,19). The maximum absolute atomic E-state index is 11.9. The summed E-state index contributed by atoms with van der Waals surface area (Å²) < 4.78 is 1.80. The number of nitrogens with one attached hydrogen (secondary N) is 1. The molecule has 0 spiro atoms. The highest BCUT2D eigenvalue weighted by Gasteiger charge is 2.24. The molecular weight excluding hydrogens is 264 g/mol. The molecule has 1 aliphatic carbocycles. The number of amides is 1. The lowest BCUT2D eigenvalue weighted by molar-refractivity contribution is -0.121. The van der Waals surface area contributed by atoms with Crippen molar-refractivity contribution >= 4 is 28.7 Å². The molecule has 0 aromatic carbocycles. The number of imidazole rings is 1. The lowest BCUT2D eigenvalue weighted by Crippen LogP contribution is -2.29. The second-order valence-electron chi connectivity index (χ2n) is 4.89. The zero-order chi connectivity index (χ0) is 13.4. The average Bonchev–Trinajstić information content (AvgIpc) is 3.12. The SMILES string of the molecule is Cc1ccnc2c1nc(CCl)n2CC(=O)NC1CC1. The first-order chi connectivity index (χ1) is 9.19. The van der Waals surface area contributed by atoms with Crippen molar-refractivity contribution < 1.29 is 4.79 Å². The van der Waals surface area contributed by atoms with Crippen molar-refractivity contribution in [2.45, 2.75) is 38.2 Å². The van der Waals surface area contributed by atoms with E-state index < -0.39 is 0 Å². The Morgan fingerprint density at radius 3 is 3.05 bits per heavy atom. The van der Waals surface area contributed by atoms with Gasteiger partial charge in [0.15, 0.2) is 5.65 Å². The zero-order valence-electron chi connectivity index (χ0n) is 10.7. The van der Waals surface area contributed by atoms with Gasteiger partial charge in [-0.15, -0.1) is 11.6 Å². The summed E-state index contributed by atoms with van der Waals surface area (Å²) in [5, 5.41) is 2.96. The summed E-state index contributed by atoms with van der Waals surface area (Å²) in [6.07, 6.45) is 3.89. The fourth-order valence-electron chi connectivity index (χ4n) is 2.10. The van der Waals surface area contributed by atoms with Crippen LogP contribution in [0.15, 0.2) is 12.3 Å². The number of rotatable bonds is 4. The number of hydrogen-bond acceptors (Lipinski definition) is 3. The smallest absolute Gasteiger partial charge is 0.240 e. The Labute approximate surface area is 116 Å². The summed E-state index contributed by atoms with van der Waals surface area (Å²) in [4.78, 5) is 20.7. The number of pyridine rings is 1. The first kappa shape index (κ1) is 12.4. The molecule has 1 fully saturated rings. The quantitative estimate of drug-likeness (QED) is 0.867. The number of alkyl halides is 1. The van der Waals surface area contributed by atoms with Crippen molar-refractivity contribution in [2.75, 3.05) is 0 Å². The molecule has 19 heavy (non-hydrogen) atoms. The van der Waals surface area contributed by atoms with Gasteiger partial charge in [0.2, 0.25) is 5.91 Å². The van der Waals surface area contributed by atoms with E-state index in [1.807, 2.05) is 13.0 Å². The van der Waals surface area contributed by atoms with Crippen molar-refractivity contribution in [1.29, 1.82) is 0 Å². The molecule has 0 aliphatic heterocycles. The molecule has 0 atom stereocenters. The fourth-order valence-corrected chi connectivity index (χ4v) is 2.30. The van der Waals surface area contributed by atoms with Crippen molar-refractivity contribution in [2.24, 2.45) is 0 Å². The van der Waals surface area contributed by atoms with E-state index in [0.29, 0.717) is 11.9 Å². The van der Waals surface area contributed by atoms with Crippen molar-refractivity contribution in [3.8, 4) is 0 Å². The molecule has 3 rings (SSSR count). The Hall–Kier alpha value is -1.62. The lowest BCUT2D eigenvalue weighted by atomic mass is 10.3. The normalized spacial score (nSPS) is 14.8. The maximum atomic E-state index is 11.9. The largest absolute Gasteiger partial charge is 0.352 e. The summed E-state index contributed by atoms with van der Waals surface area (Å²) in [7, 11) is 0. The van der Waals surface area contributed by atoms with Gasteiger partial charge in [-0.2, -0.15) is 0 Å². The van der Waals surface area contributed by atoms with Gasteiger partial charge in [0.05, 0.1) is 5.88 Å². The number of aromatic nitrogens is 3. The van der Waals surface area contributed by atoms with Gasteiger partial charge in [-0.3, -0.25) is 4.79 Å². The van der Waals surface area contributed by atoms with Crippen LogP contribution in [0, 0.1) is 6.92 Å². The zero-order valence-corrected chi connectivity index (χ0v) is 11.4. The van der Waals surface area contributed by atoms with Gasteiger partial charge in [-0.25, -0.2) is 9.97 Å². The second-order valence-corrected chi connectivity index (χ2v) is 5.16. The van der Waals surface area contributed by atoms with Gasteiger partial charge in [0, 0.05) is 12.2 Å². The van der Waals surface area contributed by atoms with Crippen LogP contribution in [-0.4, -0.2) is 26.5 Å². The van der Waals surface area contributed by atoms with Gasteiger partial charge in [-0.1, -0.05) is 0 Å². The molecule has 5 nitrogen and oxygen atoms in total. The molecule has 2 aromatic heterocycles. The number of fused-ring (bicyclic) bond motifs is 1. The van der Waals surface area contributed by atoms with E-state index in [1.165, 1.54) is 0 Å². The third-order valence-corrected chi connectivity index (χ3v) is 3.52. The van der Waals surface area contributed by atoms with E-state index in [2.05, 4.69) is 15.3 Å². The molecule has 0 bridgehead atoms. The Bertz CT molecular complexity index is 633. The van der Waals surface area contributed by atoms with E-state index in [-0.39, 0.29) is 18.3 Å². The fraction of sp³-hybridized carbons (Fsp3) is 0.462. The Morgan fingerprint density at radius 1 is 1.58 bits per heavy atom. The topological polar surface area (TPSA) is 59.8 Å². The molecule has 1 amide bonds. The summed E-state index contributed by atoms with van der Waals surface area (Å²) in [6, 6.07) is 2.26. The molecule has 2 aromatic rings. The molecule has 0 radical (unpaired) electrons. The van der Waals surface area contributed by atoms with Gasteiger partial charge < -0.3 is 9.88 Å². The molecular formula is C13H15ClN4O. The summed E-state index contributed by atoms with van der Waals surface area (Å²) in [5.41, 5.74) is 2.58. The monoisotopic (exact) mass is 278 g/mol. The highest BCUT2D eigenvalue weighted by molar-refractivity contribution is 6.16. The van der Waals surface area contributed by atoms with Gasteiger partial charge in [0.1, 0.15) is 17.9 Å². The van der Waals surface area contributed by atoms with Crippen LogP contribution in [-0.2, 0) is 17.2 Å². The Balaban J connectivity index is 1.95. The van der Waals surface area contributed by atoms with Crippen LogP contribution >= 0.6 is 11.6 Å². The Kier molecular flexibility index (Phi) is 3.14. The van der Waals surface area contributed by atoms with Gasteiger partial charge >= 0.3 is 0 Å². The minimum Gasteiger partial charge on any atom is -0.352 e. The molecule has 1 N–H and O–H groups in total. The van der Waals surface area contributed by atoms with Crippen LogP contribution in [0.3, 0.4) is 0 Å². The van der Waals surface area contributed by atoms with Crippen LogP contribution in [0.1, 0.15) is 24.2 Å². The molecule has 0 unspecified atom stereocenters. The number of carbonyl (C=O) groups excluding carboxylic acids is 1. The van der Waals surface area contributed by atoms with E-state index >= 15 is 0 Å². The molecule has 2 heterocycles. The van der Waals surface area contributed by atoms with Gasteiger partial charge in [-0.05, 0) is 31.4 Å². The second kappa shape index (κ2) is 4.81. The summed E-state index contributed by atoms with van der Waals surface area (Å²) in [6.45, 7) is 2.20. The van der Waals surface area contributed by atoms with Crippen molar-refractivity contribution in [3.63, 3.8) is 0 Å². The van der Waals surface area contributed by atoms with Crippen LogP contribution in [0.25, 0.3) is 11.2 Å². The number of nitrogens with zero attached hydrogens (tertiary/aromatic N) is 3. The van der Waals surface area contributed by atoms with Crippen molar-refractivity contribution in [3.05, 3.63) is 23.7 Å². The predicted octanol–water partition coefficient (Wildman–Crippen LogP) is 1.76. The maximum Gasteiger partial charge on any atom is 0.240 e. The third kappa shape index (κ3) is 2.42. The van der Waals surface area contributed by atoms with E-state index in [4.69, 9.17) is 11.6 Å². The van der Waals surface area contributed by atoms with E-state index in [0.717, 1.165) is 29.6 Å². The minimum atomic E-state index is -0.00327. The van der Waals surface area contributed by atoms with Crippen LogP contribution in [0.5, 0.6) is 0 Å². The number of halogens is 1. The average molecular weight is 279 g/mol. The van der Waals surface area contributed by atoms with Crippen LogP contribution in [0.2, 0.25) is 0 Å². The third-order valence-electron chi connectivity index (χ3n) is 3.28.